The van der Waals surface area contributed by atoms with Gasteiger partial charge in [-0.15, -0.1) is 0 Å². The first kappa shape index (κ1) is 22.4. The van der Waals surface area contributed by atoms with Crippen molar-refractivity contribution in [3.63, 3.8) is 0 Å². The summed E-state index contributed by atoms with van der Waals surface area (Å²) in [6.07, 6.45) is 14.1. The highest BCUT2D eigenvalue weighted by atomic mass is 32.2. The lowest BCUT2D eigenvalue weighted by molar-refractivity contribution is -0.0296. The molecule has 3 fully saturated rings. The number of aliphatic hydroxyl groups is 1. The molecule has 4 aliphatic rings. The normalized spacial score (nSPS) is 28.9. The van der Waals surface area contributed by atoms with Crippen LogP contribution in [0.25, 0.3) is 16.7 Å². The Labute approximate surface area is 205 Å². The molecule has 6 rings (SSSR count). The van der Waals surface area contributed by atoms with Crippen LogP contribution in [0, 0.1) is 5.41 Å². The SMILES string of the molecule is C[C@@H]1COCCN1c1cc(C2(O)CCC3(CC2)CSC3)c2cnn(C3=C\CCCN/C=C\3)c2n1. The molecule has 3 aliphatic heterocycles. The first-order valence-electron chi connectivity index (χ1n) is 12.7. The first-order valence-corrected chi connectivity index (χ1v) is 13.9. The van der Waals surface area contributed by atoms with E-state index in [4.69, 9.17) is 14.8 Å². The summed E-state index contributed by atoms with van der Waals surface area (Å²) in [6, 6.07) is 2.39. The average molecular weight is 482 g/mol. The van der Waals surface area contributed by atoms with Crippen molar-refractivity contribution in [1.29, 1.82) is 0 Å². The summed E-state index contributed by atoms with van der Waals surface area (Å²) in [7, 11) is 0. The van der Waals surface area contributed by atoms with E-state index in [0.717, 1.165) is 79.7 Å². The van der Waals surface area contributed by atoms with Gasteiger partial charge in [0.25, 0.3) is 0 Å². The van der Waals surface area contributed by atoms with E-state index < -0.39 is 5.60 Å². The summed E-state index contributed by atoms with van der Waals surface area (Å²) in [5, 5.41) is 21.1. The standard InChI is InChI=1S/C26H35N5O2S/c1-19-16-33-13-12-30(19)23-14-22(26(32)8-6-25(7-9-26)17-34-18-25)21-15-28-31(24(21)29-23)20-4-2-3-10-27-11-5-20/h4-5,11,14-15,19,27,32H,2-3,6-10,12-13,16-18H2,1H3/b11-5-,20-4-/t19-/m1/s1. The Hall–Kier alpha value is -2.03. The Kier molecular flexibility index (Phi) is 5.86. The van der Waals surface area contributed by atoms with E-state index >= 15 is 0 Å². The second-order valence-electron chi connectivity index (χ2n) is 10.5. The fourth-order valence-corrected chi connectivity index (χ4v) is 7.18. The lowest BCUT2D eigenvalue weighted by atomic mass is 9.68. The molecule has 1 aliphatic carbocycles. The Balaban J connectivity index is 1.46. The number of allylic oxidation sites excluding steroid dienone is 3. The zero-order valence-electron chi connectivity index (χ0n) is 20.0. The smallest absolute Gasteiger partial charge is 0.165 e. The third-order valence-electron chi connectivity index (χ3n) is 8.14. The van der Waals surface area contributed by atoms with Crippen LogP contribution in [-0.4, -0.2) is 63.7 Å². The summed E-state index contributed by atoms with van der Waals surface area (Å²) in [5.74, 6) is 3.41. The molecule has 0 bridgehead atoms. The Morgan fingerprint density at radius 1 is 1.24 bits per heavy atom. The molecule has 0 amide bonds. The number of pyridine rings is 1. The van der Waals surface area contributed by atoms with Crippen LogP contribution >= 0.6 is 11.8 Å². The molecule has 34 heavy (non-hydrogen) atoms. The van der Waals surface area contributed by atoms with Crippen molar-refractivity contribution < 1.29 is 9.84 Å². The van der Waals surface area contributed by atoms with Gasteiger partial charge in [0.2, 0.25) is 0 Å². The van der Waals surface area contributed by atoms with Gasteiger partial charge in [0.05, 0.1) is 36.8 Å². The van der Waals surface area contributed by atoms with E-state index in [-0.39, 0.29) is 6.04 Å². The van der Waals surface area contributed by atoms with Gasteiger partial charge in [-0.1, -0.05) is 6.08 Å². The second kappa shape index (κ2) is 8.88. The van der Waals surface area contributed by atoms with E-state index in [1.807, 2.05) is 28.8 Å². The van der Waals surface area contributed by atoms with Crippen LogP contribution in [0.15, 0.2) is 30.6 Å². The molecule has 5 heterocycles. The topological polar surface area (TPSA) is 75.4 Å². The zero-order valence-corrected chi connectivity index (χ0v) is 20.8. The van der Waals surface area contributed by atoms with Gasteiger partial charge >= 0.3 is 0 Å². The molecule has 0 unspecified atom stereocenters. The second-order valence-corrected chi connectivity index (χ2v) is 11.5. The van der Waals surface area contributed by atoms with Crippen molar-refractivity contribution in [1.82, 2.24) is 20.1 Å². The van der Waals surface area contributed by atoms with Gasteiger partial charge in [-0.05, 0) is 86.3 Å². The van der Waals surface area contributed by atoms with Crippen molar-refractivity contribution >= 4 is 34.3 Å². The molecule has 1 saturated carbocycles. The van der Waals surface area contributed by atoms with E-state index in [0.29, 0.717) is 18.6 Å². The number of ether oxygens (including phenoxy) is 1. The molecule has 2 aromatic heterocycles. The fraction of sp³-hybridized carbons (Fsp3) is 0.615. The molecule has 1 atom stereocenters. The highest BCUT2D eigenvalue weighted by molar-refractivity contribution is 8.00. The molecule has 7 nitrogen and oxygen atoms in total. The molecular weight excluding hydrogens is 446 g/mol. The largest absolute Gasteiger partial charge is 0.391 e. The number of thioether (sulfide) groups is 1. The molecule has 2 saturated heterocycles. The Bertz CT molecular complexity index is 1110. The Morgan fingerprint density at radius 2 is 2.09 bits per heavy atom. The van der Waals surface area contributed by atoms with Gasteiger partial charge in [0.1, 0.15) is 5.82 Å². The average Bonchev–Trinajstić information content (AvgIpc) is 3.22. The number of anilines is 1. The number of rotatable bonds is 3. The predicted octanol–water partition coefficient (Wildman–Crippen LogP) is 3.89. The molecule has 1 spiro atoms. The monoisotopic (exact) mass is 481 g/mol. The number of aromatic nitrogens is 3. The zero-order chi connectivity index (χ0) is 23.2. The van der Waals surface area contributed by atoms with Crippen LogP contribution in [0.5, 0.6) is 0 Å². The molecule has 182 valence electrons. The highest BCUT2D eigenvalue weighted by Crippen LogP contribution is 2.54. The number of fused-ring (bicyclic) bond motifs is 1. The third-order valence-corrected chi connectivity index (χ3v) is 9.77. The minimum absolute atomic E-state index is 0.240. The van der Waals surface area contributed by atoms with Crippen molar-refractivity contribution in [2.24, 2.45) is 5.41 Å². The molecule has 2 aromatic rings. The van der Waals surface area contributed by atoms with Crippen LogP contribution in [0.1, 0.15) is 51.0 Å². The van der Waals surface area contributed by atoms with Crippen molar-refractivity contribution in [2.75, 3.05) is 42.7 Å². The maximum atomic E-state index is 12.0. The molecule has 0 radical (unpaired) electrons. The van der Waals surface area contributed by atoms with Gasteiger partial charge in [-0.2, -0.15) is 16.9 Å². The van der Waals surface area contributed by atoms with E-state index in [2.05, 4.69) is 35.4 Å². The molecule has 8 heteroatoms. The van der Waals surface area contributed by atoms with E-state index in [1.165, 1.54) is 11.5 Å². The molecule has 2 N–H and O–H groups in total. The van der Waals surface area contributed by atoms with Gasteiger partial charge in [-0.3, -0.25) is 0 Å². The predicted molar refractivity (Wildman–Crippen MR) is 138 cm³/mol. The lowest BCUT2D eigenvalue weighted by Crippen LogP contribution is -2.45. The number of morpholine rings is 1. The van der Waals surface area contributed by atoms with Crippen LogP contribution in [0.3, 0.4) is 0 Å². The van der Waals surface area contributed by atoms with E-state index in [9.17, 15) is 5.11 Å². The molecule has 0 aromatic carbocycles. The van der Waals surface area contributed by atoms with Gasteiger partial charge < -0.3 is 20.1 Å². The first-order chi connectivity index (χ1) is 16.6. The van der Waals surface area contributed by atoms with Gasteiger partial charge in [0, 0.05) is 18.5 Å². The summed E-state index contributed by atoms with van der Waals surface area (Å²) >= 11 is 2.04. The highest BCUT2D eigenvalue weighted by Gasteiger charge is 2.47. The Morgan fingerprint density at radius 3 is 2.85 bits per heavy atom. The summed E-state index contributed by atoms with van der Waals surface area (Å²) in [6.45, 7) is 5.36. The van der Waals surface area contributed by atoms with Crippen LogP contribution in [0.4, 0.5) is 5.82 Å². The summed E-state index contributed by atoms with van der Waals surface area (Å²) in [4.78, 5) is 7.47. The quantitative estimate of drug-likeness (QED) is 0.689. The number of nitrogens with one attached hydrogen (secondary N) is 1. The van der Waals surface area contributed by atoms with Crippen molar-refractivity contribution in [2.45, 2.75) is 57.1 Å². The maximum Gasteiger partial charge on any atom is 0.165 e. The van der Waals surface area contributed by atoms with Crippen LogP contribution in [0.2, 0.25) is 0 Å². The number of hydrogen-bond donors (Lipinski definition) is 2. The minimum atomic E-state index is -0.836. The van der Waals surface area contributed by atoms with Crippen molar-refractivity contribution in [3.8, 4) is 0 Å². The van der Waals surface area contributed by atoms with Gasteiger partial charge in [0.15, 0.2) is 5.65 Å². The summed E-state index contributed by atoms with van der Waals surface area (Å²) in [5.41, 5.74) is 2.46. The lowest BCUT2D eigenvalue weighted by Gasteiger charge is -2.49. The minimum Gasteiger partial charge on any atom is -0.391 e. The maximum absolute atomic E-state index is 12.0. The number of nitrogens with zero attached hydrogens (tertiary/aromatic N) is 4. The molecular formula is C26H35N5O2S. The van der Waals surface area contributed by atoms with E-state index in [1.54, 1.807) is 0 Å². The third kappa shape index (κ3) is 3.93. The van der Waals surface area contributed by atoms with Crippen LogP contribution < -0.4 is 10.2 Å². The van der Waals surface area contributed by atoms with Crippen LogP contribution in [-0.2, 0) is 10.3 Å². The number of hydrogen-bond acceptors (Lipinski definition) is 7. The fourth-order valence-electron chi connectivity index (χ4n) is 5.83. The summed E-state index contributed by atoms with van der Waals surface area (Å²) < 4.78 is 7.65. The van der Waals surface area contributed by atoms with Gasteiger partial charge in [-0.25, -0.2) is 9.67 Å². The van der Waals surface area contributed by atoms with Crippen molar-refractivity contribution in [3.05, 3.63) is 36.2 Å².